The van der Waals surface area contributed by atoms with Gasteiger partial charge in [0, 0.05) is 17.0 Å². The number of carboxylic acid groups (broad SMARTS) is 1. The zero-order valence-corrected chi connectivity index (χ0v) is 13.7. The molecule has 0 amide bonds. The van der Waals surface area contributed by atoms with Gasteiger partial charge in [0.2, 0.25) is 0 Å². The number of rotatable bonds is 6. The highest BCUT2D eigenvalue weighted by atomic mass is 32.1. The van der Waals surface area contributed by atoms with E-state index in [0.717, 1.165) is 16.1 Å². The van der Waals surface area contributed by atoms with E-state index in [1.165, 1.54) is 6.07 Å². The number of hydrogen-bond donors (Lipinski definition) is 1. The average Bonchev–Trinajstić information content (AvgIpc) is 2.84. The molecule has 1 aromatic heterocycles. The third kappa shape index (κ3) is 3.69. The van der Waals surface area contributed by atoms with Crippen LogP contribution in [0.15, 0.2) is 23.7 Å². The second-order valence-electron chi connectivity index (χ2n) is 5.36. The van der Waals surface area contributed by atoms with Crippen LogP contribution >= 0.6 is 11.3 Å². The molecule has 2 rings (SSSR count). The minimum Gasteiger partial charge on any atom is -0.480 e. The van der Waals surface area contributed by atoms with Gasteiger partial charge in [-0.2, -0.15) is 0 Å². The van der Waals surface area contributed by atoms with E-state index in [2.05, 4.69) is 4.98 Å². The molecule has 1 N–H and O–H groups in total. The van der Waals surface area contributed by atoms with Crippen molar-refractivity contribution >= 4 is 17.3 Å². The fourth-order valence-corrected chi connectivity index (χ4v) is 3.16. The first-order chi connectivity index (χ1) is 10.4. The van der Waals surface area contributed by atoms with Crippen LogP contribution in [0.3, 0.4) is 0 Å². The highest BCUT2D eigenvalue weighted by Crippen LogP contribution is 2.24. The maximum Gasteiger partial charge on any atom is 0.325 e. The molecular weight excluding hydrogens is 303 g/mol. The van der Waals surface area contributed by atoms with E-state index in [0.29, 0.717) is 13.0 Å². The van der Waals surface area contributed by atoms with Gasteiger partial charge >= 0.3 is 5.97 Å². The lowest BCUT2D eigenvalue weighted by Gasteiger charge is -2.25. The van der Waals surface area contributed by atoms with Crippen molar-refractivity contribution in [2.24, 2.45) is 0 Å². The molecule has 0 aliphatic rings. The molecule has 0 radical (unpaired) electrons. The molecule has 22 heavy (non-hydrogen) atoms. The molecule has 0 saturated heterocycles. The van der Waals surface area contributed by atoms with Crippen LogP contribution in [0.1, 0.15) is 27.7 Å². The summed E-state index contributed by atoms with van der Waals surface area (Å²) in [4.78, 5) is 18.6. The number of aryl methyl sites for hydroxylation is 2. The van der Waals surface area contributed by atoms with Gasteiger partial charge in [-0.05, 0) is 38.9 Å². The zero-order valence-electron chi connectivity index (χ0n) is 12.8. The van der Waals surface area contributed by atoms with Crippen LogP contribution in [0.2, 0.25) is 0 Å². The SMILES string of the molecule is Cc1ccc([C@H](C(=O)O)N(C)CCc2scnc2C)c(F)c1. The van der Waals surface area contributed by atoms with Crippen molar-refractivity contribution in [2.45, 2.75) is 26.3 Å². The molecule has 0 aliphatic carbocycles. The number of thiazole rings is 1. The maximum atomic E-state index is 14.1. The number of nitrogens with zero attached hydrogens (tertiary/aromatic N) is 2. The monoisotopic (exact) mass is 322 g/mol. The lowest BCUT2D eigenvalue weighted by Crippen LogP contribution is -2.33. The summed E-state index contributed by atoms with van der Waals surface area (Å²) in [6.07, 6.45) is 0.699. The van der Waals surface area contributed by atoms with Gasteiger partial charge in [0.05, 0.1) is 11.2 Å². The van der Waals surface area contributed by atoms with Crippen molar-refractivity contribution in [1.29, 1.82) is 0 Å². The quantitative estimate of drug-likeness (QED) is 0.887. The summed E-state index contributed by atoms with van der Waals surface area (Å²) in [5.41, 5.74) is 3.71. The molecule has 1 aromatic carbocycles. The van der Waals surface area contributed by atoms with E-state index in [9.17, 15) is 14.3 Å². The normalized spacial score (nSPS) is 12.6. The summed E-state index contributed by atoms with van der Waals surface area (Å²) in [7, 11) is 1.70. The van der Waals surface area contributed by atoms with Crippen LogP contribution in [0, 0.1) is 19.7 Å². The summed E-state index contributed by atoms with van der Waals surface area (Å²) in [5.74, 6) is -1.53. The van der Waals surface area contributed by atoms with E-state index in [1.54, 1.807) is 47.9 Å². The first-order valence-electron chi connectivity index (χ1n) is 6.98. The van der Waals surface area contributed by atoms with Crippen molar-refractivity contribution in [3.8, 4) is 0 Å². The lowest BCUT2D eigenvalue weighted by atomic mass is 10.0. The Morgan fingerprint density at radius 1 is 1.45 bits per heavy atom. The van der Waals surface area contributed by atoms with Crippen molar-refractivity contribution in [2.75, 3.05) is 13.6 Å². The van der Waals surface area contributed by atoms with Gasteiger partial charge in [-0.3, -0.25) is 9.69 Å². The van der Waals surface area contributed by atoms with E-state index < -0.39 is 17.8 Å². The predicted octanol–water partition coefficient (Wildman–Crippen LogP) is 3.20. The van der Waals surface area contributed by atoms with Crippen molar-refractivity contribution in [3.05, 3.63) is 51.2 Å². The zero-order chi connectivity index (χ0) is 16.3. The highest BCUT2D eigenvalue weighted by molar-refractivity contribution is 7.09. The Morgan fingerprint density at radius 2 is 2.18 bits per heavy atom. The molecule has 0 unspecified atom stereocenters. The molecule has 0 aliphatic heterocycles. The summed E-state index contributed by atoms with van der Waals surface area (Å²) < 4.78 is 14.1. The lowest BCUT2D eigenvalue weighted by molar-refractivity contribution is -0.143. The molecule has 0 fully saturated rings. The number of hydrogen-bond acceptors (Lipinski definition) is 4. The summed E-state index contributed by atoms with van der Waals surface area (Å²) >= 11 is 1.55. The molecule has 0 saturated carbocycles. The Labute approximate surface area is 133 Å². The van der Waals surface area contributed by atoms with Crippen LogP contribution in [0.5, 0.6) is 0 Å². The van der Waals surface area contributed by atoms with Crippen LogP contribution in [-0.2, 0) is 11.2 Å². The van der Waals surface area contributed by atoms with E-state index in [1.807, 2.05) is 6.92 Å². The van der Waals surface area contributed by atoms with Gasteiger partial charge in [0.25, 0.3) is 0 Å². The standard InChI is InChI=1S/C16H19FN2O2S/c1-10-4-5-12(13(17)8-10)15(16(20)21)19(3)7-6-14-11(2)18-9-22-14/h4-5,8-9,15H,6-7H2,1-3H3,(H,20,21)/t15-/m1/s1. The molecular formula is C16H19FN2O2S. The van der Waals surface area contributed by atoms with Gasteiger partial charge in [-0.15, -0.1) is 11.3 Å². The largest absolute Gasteiger partial charge is 0.480 e. The summed E-state index contributed by atoms with van der Waals surface area (Å²) in [5, 5.41) is 9.48. The van der Waals surface area contributed by atoms with Gasteiger partial charge < -0.3 is 5.11 Å². The predicted molar refractivity (Wildman–Crippen MR) is 84.7 cm³/mol. The van der Waals surface area contributed by atoms with E-state index >= 15 is 0 Å². The molecule has 118 valence electrons. The minimum atomic E-state index is -1.05. The van der Waals surface area contributed by atoms with Crippen LogP contribution in [0.4, 0.5) is 4.39 Å². The molecule has 4 nitrogen and oxygen atoms in total. The first-order valence-corrected chi connectivity index (χ1v) is 7.86. The second-order valence-corrected chi connectivity index (χ2v) is 6.30. The fourth-order valence-electron chi connectivity index (χ4n) is 2.39. The molecule has 0 spiro atoms. The number of aromatic nitrogens is 1. The fraction of sp³-hybridized carbons (Fsp3) is 0.375. The highest BCUT2D eigenvalue weighted by Gasteiger charge is 2.27. The molecule has 6 heteroatoms. The van der Waals surface area contributed by atoms with Gasteiger partial charge in [-0.25, -0.2) is 9.37 Å². The van der Waals surface area contributed by atoms with Gasteiger partial charge in [-0.1, -0.05) is 12.1 Å². The molecule has 0 bridgehead atoms. The number of carboxylic acids is 1. The van der Waals surface area contributed by atoms with Crippen LogP contribution in [0.25, 0.3) is 0 Å². The van der Waals surface area contributed by atoms with Crippen molar-refractivity contribution in [3.63, 3.8) is 0 Å². The molecule has 1 atom stereocenters. The third-order valence-corrected chi connectivity index (χ3v) is 4.66. The number of benzene rings is 1. The van der Waals surface area contributed by atoms with Gasteiger partial charge in [0.15, 0.2) is 0 Å². The Hall–Kier alpha value is -1.79. The first kappa shape index (κ1) is 16.6. The Morgan fingerprint density at radius 3 is 2.73 bits per heavy atom. The average molecular weight is 322 g/mol. The Kier molecular flexibility index (Phi) is 5.26. The van der Waals surface area contributed by atoms with E-state index in [4.69, 9.17) is 0 Å². The second kappa shape index (κ2) is 6.98. The number of carbonyl (C=O) groups is 1. The Bertz CT molecular complexity index is 672. The maximum absolute atomic E-state index is 14.1. The Balaban J connectivity index is 2.16. The topological polar surface area (TPSA) is 53.4 Å². The molecule has 1 heterocycles. The van der Waals surface area contributed by atoms with Crippen LogP contribution in [-0.4, -0.2) is 34.6 Å². The smallest absolute Gasteiger partial charge is 0.325 e. The number of halogens is 1. The van der Waals surface area contributed by atoms with Crippen molar-refractivity contribution < 1.29 is 14.3 Å². The summed E-state index contributed by atoms with van der Waals surface area (Å²) in [6, 6.07) is 3.66. The summed E-state index contributed by atoms with van der Waals surface area (Å²) in [6.45, 7) is 4.23. The number of likely N-dealkylation sites (N-methyl/N-ethyl adjacent to an activating group) is 1. The van der Waals surface area contributed by atoms with E-state index in [-0.39, 0.29) is 5.56 Å². The van der Waals surface area contributed by atoms with Crippen molar-refractivity contribution in [1.82, 2.24) is 9.88 Å². The molecule has 2 aromatic rings. The van der Waals surface area contributed by atoms with Crippen LogP contribution < -0.4 is 0 Å². The minimum absolute atomic E-state index is 0.196. The van der Waals surface area contributed by atoms with Gasteiger partial charge in [0.1, 0.15) is 11.9 Å². The number of aliphatic carboxylic acids is 1. The third-order valence-electron chi connectivity index (χ3n) is 3.66.